The van der Waals surface area contributed by atoms with Crippen molar-refractivity contribution in [3.63, 3.8) is 0 Å². The van der Waals surface area contributed by atoms with Crippen molar-refractivity contribution in [1.82, 2.24) is 15.2 Å². The molecule has 1 N–H and O–H groups in total. The van der Waals surface area contributed by atoms with E-state index in [2.05, 4.69) is 40.2 Å². The summed E-state index contributed by atoms with van der Waals surface area (Å²) in [5.41, 5.74) is 3.62. The molecule has 1 aromatic carbocycles. The van der Waals surface area contributed by atoms with Gasteiger partial charge >= 0.3 is 0 Å². The van der Waals surface area contributed by atoms with E-state index in [4.69, 9.17) is 9.72 Å². The van der Waals surface area contributed by atoms with Gasteiger partial charge in [0.15, 0.2) is 5.13 Å². The van der Waals surface area contributed by atoms with Crippen LogP contribution in [0.15, 0.2) is 18.2 Å². The SMILES string of the molecule is C[C@H](c1ccc2c(c1)OCC2)N1CCN(c2nc3c(s2)C(=O)NCC3)CC1. The highest BCUT2D eigenvalue weighted by Crippen LogP contribution is 2.33. The van der Waals surface area contributed by atoms with E-state index >= 15 is 0 Å². The van der Waals surface area contributed by atoms with Crippen LogP contribution in [-0.4, -0.2) is 55.1 Å². The van der Waals surface area contributed by atoms with Crippen LogP contribution in [0.1, 0.15) is 39.5 Å². The number of anilines is 1. The predicted octanol–water partition coefficient (Wildman–Crippen LogP) is 2.25. The van der Waals surface area contributed by atoms with E-state index in [-0.39, 0.29) is 5.91 Å². The molecule has 1 fully saturated rings. The Morgan fingerprint density at radius 2 is 2.07 bits per heavy atom. The topological polar surface area (TPSA) is 57.7 Å². The van der Waals surface area contributed by atoms with E-state index in [1.807, 2.05) is 0 Å². The van der Waals surface area contributed by atoms with Crippen molar-refractivity contribution >= 4 is 22.4 Å². The van der Waals surface area contributed by atoms with Crippen molar-refractivity contribution in [2.75, 3.05) is 44.2 Å². The van der Waals surface area contributed by atoms with Gasteiger partial charge in [0.05, 0.1) is 12.3 Å². The van der Waals surface area contributed by atoms with Crippen molar-refractivity contribution in [3.05, 3.63) is 39.9 Å². The smallest absolute Gasteiger partial charge is 0.263 e. The summed E-state index contributed by atoms with van der Waals surface area (Å²) in [6, 6.07) is 7.05. The highest BCUT2D eigenvalue weighted by atomic mass is 32.1. The summed E-state index contributed by atoms with van der Waals surface area (Å²) in [6.45, 7) is 7.66. The number of carbonyl (C=O) groups is 1. The number of fused-ring (bicyclic) bond motifs is 2. The fourth-order valence-corrected chi connectivity index (χ4v) is 5.23. The third kappa shape index (κ3) is 3.08. The molecule has 5 rings (SSSR count). The van der Waals surface area contributed by atoms with Gasteiger partial charge in [-0.1, -0.05) is 23.5 Å². The summed E-state index contributed by atoms with van der Waals surface area (Å²) in [4.78, 5) is 22.4. The normalized spacial score (nSPS) is 20.6. The van der Waals surface area contributed by atoms with E-state index in [1.54, 1.807) is 0 Å². The van der Waals surface area contributed by atoms with Crippen molar-refractivity contribution in [2.45, 2.75) is 25.8 Å². The van der Waals surface area contributed by atoms with Crippen LogP contribution in [0, 0.1) is 0 Å². The van der Waals surface area contributed by atoms with Gasteiger partial charge in [-0.15, -0.1) is 0 Å². The van der Waals surface area contributed by atoms with Crippen LogP contribution < -0.4 is 15.0 Å². The zero-order valence-corrected chi connectivity index (χ0v) is 16.3. The maximum absolute atomic E-state index is 12.0. The number of thiazole rings is 1. The van der Waals surface area contributed by atoms with Gasteiger partial charge in [0.25, 0.3) is 5.91 Å². The summed E-state index contributed by atoms with van der Waals surface area (Å²) in [6.07, 6.45) is 1.87. The maximum atomic E-state index is 12.0. The van der Waals surface area contributed by atoms with Crippen molar-refractivity contribution in [3.8, 4) is 5.75 Å². The predicted molar refractivity (Wildman–Crippen MR) is 106 cm³/mol. The van der Waals surface area contributed by atoms with E-state index < -0.39 is 0 Å². The fourth-order valence-electron chi connectivity index (χ4n) is 4.15. The molecule has 6 nitrogen and oxygen atoms in total. The minimum Gasteiger partial charge on any atom is -0.493 e. The van der Waals surface area contributed by atoms with Crippen LogP contribution in [0.25, 0.3) is 0 Å². The van der Waals surface area contributed by atoms with Gasteiger partial charge < -0.3 is 15.0 Å². The summed E-state index contributed by atoms with van der Waals surface area (Å²) >= 11 is 1.54. The quantitative estimate of drug-likeness (QED) is 0.880. The third-order valence-electron chi connectivity index (χ3n) is 5.87. The molecule has 4 heterocycles. The number of nitrogens with one attached hydrogen (secondary N) is 1. The van der Waals surface area contributed by atoms with Gasteiger partial charge in [0.1, 0.15) is 10.6 Å². The Kier molecular flexibility index (Phi) is 4.28. The summed E-state index contributed by atoms with van der Waals surface area (Å²) in [7, 11) is 0. The first-order valence-corrected chi connectivity index (χ1v) is 10.5. The Bertz CT molecular complexity index is 873. The van der Waals surface area contributed by atoms with Gasteiger partial charge in [0, 0.05) is 51.6 Å². The second-order valence-electron chi connectivity index (χ2n) is 7.44. The van der Waals surface area contributed by atoms with E-state index in [0.717, 1.165) is 67.1 Å². The molecule has 0 spiro atoms. The molecule has 1 aromatic heterocycles. The van der Waals surface area contributed by atoms with Gasteiger partial charge in [-0.2, -0.15) is 0 Å². The average molecular weight is 385 g/mol. The molecule has 0 unspecified atom stereocenters. The number of carbonyl (C=O) groups excluding carboxylic acids is 1. The number of rotatable bonds is 3. The molecule has 3 aliphatic rings. The Hall–Kier alpha value is -2.12. The highest BCUT2D eigenvalue weighted by molar-refractivity contribution is 7.17. The molecule has 1 amide bonds. The van der Waals surface area contributed by atoms with E-state index in [1.165, 1.54) is 22.5 Å². The number of hydrogen-bond donors (Lipinski definition) is 1. The first-order valence-electron chi connectivity index (χ1n) is 9.71. The van der Waals surface area contributed by atoms with Crippen LogP contribution in [0.5, 0.6) is 5.75 Å². The molecule has 7 heteroatoms. The average Bonchev–Trinajstić information content (AvgIpc) is 3.34. The monoisotopic (exact) mass is 384 g/mol. The van der Waals surface area contributed by atoms with Gasteiger partial charge in [-0.05, 0) is 24.1 Å². The van der Waals surface area contributed by atoms with E-state index in [9.17, 15) is 4.79 Å². The molecule has 1 saturated heterocycles. The summed E-state index contributed by atoms with van der Waals surface area (Å²) in [5.74, 6) is 1.09. The molecule has 142 valence electrons. The van der Waals surface area contributed by atoms with Gasteiger partial charge in [0.2, 0.25) is 0 Å². The van der Waals surface area contributed by atoms with Gasteiger partial charge in [-0.3, -0.25) is 9.69 Å². The molecule has 0 aliphatic carbocycles. The maximum Gasteiger partial charge on any atom is 0.263 e. The summed E-state index contributed by atoms with van der Waals surface area (Å²) in [5, 5.41) is 3.90. The lowest BCUT2D eigenvalue weighted by Gasteiger charge is -2.38. The number of benzene rings is 1. The van der Waals surface area contributed by atoms with Crippen molar-refractivity contribution in [1.29, 1.82) is 0 Å². The minimum atomic E-state index is 0.0334. The molecule has 0 saturated carbocycles. The molecular weight excluding hydrogens is 360 g/mol. The standard InChI is InChI=1S/C20H24N4O2S/c1-13(15-3-2-14-5-11-26-17(14)12-15)23-7-9-24(10-8-23)20-22-16-4-6-21-19(25)18(16)27-20/h2-3,12-13H,4-11H2,1H3,(H,21,25)/t13-/m1/s1. The lowest BCUT2D eigenvalue weighted by Crippen LogP contribution is -2.47. The zero-order chi connectivity index (χ0) is 18.4. The molecule has 1 atom stereocenters. The number of hydrogen-bond acceptors (Lipinski definition) is 6. The lowest BCUT2D eigenvalue weighted by molar-refractivity contribution is 0.0950. The zero-order valence-electron chi connectivity index (χ0n) is 15.5. The largest absolute Gasteiger partial charge is 0.493 e. The van der Waals surface area contributed by atoms with Crippen LogP contribution in [-0.2, 0) is 12.8 Å². The Balaban J connectivity index is 1.26. The number of nitrogens with zero attached hydrogens (tertiary/aromatic N) is 3. The van der Waals surface area contributed by atoms with Crippen LogP contribution >= 0.6 is 11.3 Å². The molecule has 0 bridgehead atoms. The Labute approximate surface area is 163 Å². The lowest BCUT2D eigenvalue weighted by atomic mass is 10.0. The number of amides is 1. The molecular formula is C20H24N4O2S. The van der Waals surface area contributed by atoms with E-state index in [0.29, 0.717) is 12.6 Å². The molecule has 2 aromatic rings. The van der Waals surface area contributed by atoms with Crippen LogP contribution in [0.4, 0.5) is 5.13 Å². The second-order valence-corrected chi connectivity index (χ2v) is 8.42. The van der Waals surface area contributed by atoms with Crippen molar-refractivity contribution in [2.24, 2.45) is 0 Å². The second kappa shape index (κ2) is 6.80. The molecule has 27 heavy (non-hydrogen) atoms. The van der Waals surface area contributed by atoms with Crippen LogP contribution in [0.3, 0.4) is 0 Å². The number of aromatic nitrogens is 1. The summed E-state index contributed by atoms with van der Waals surface area (Å²) < 4.78 is 5.73. The fraction of sp³-hybridized carbons (Fsp3) is 0.500. The minimum absolute atomic E-state index is 0.0334. The van der Waals surface area contributed by atoms with Crippen molar-refractivity contribution < 1.29 is 9.53 Å². The Morgan fingerprint density at radius 3 is 2.89 bits per heavy atom. The van der Waals surface area contributed by atoms with Gasteiger partial charge in [-0.25, -0.2) is 4.98 Å². The third-order valence-corrected chi connectivity index (χ3v) is 7.03. The van der Waals surface area contributed by atoms with Crippen LogP contribution in [0.2, 0.25) is 0 Å². The molecule has 0 radical (unpaired) electrons. The highest BCUT2D eigenvalue weighted by Gasteiger charge is 2.28. The number of ether oxygens (including phenoxy) is 1. The molecule has 3 aliphatic heterocycles. The number of piperazine rings is 1. The first kappa shape index (κ1) is 17.0. The Morgan fingerprint density at radius 1 is 1.22 bits per heavy atom. The first-order chi connectivity index (χ1) is 13.2.